The number of benzene rings is 2. The van der Waals surface area contributed by atoms with Crippen molar-refractivity contribution in [3.8, 4) is 17.5 Å². The highest BCUT2D eigenvalue weighted by molar-refractivity contribution is 8.00. The summed E-state index contributed by atoms with van der Waals surface area (Å²) in [6.07, 6.45) is 0.689. The third-order valence-electron chi connectivity index (χ3n) is 3.80. The van der Waals surface area contributed by atoms with Crippen LogP contribution in [0.4, 0.5) is 0 Å². The highest BCUT2D eigenvalue weighted by Gasteiger charge is 2.17. The fourth-order valence-corrected chi connectivity index (χ4v) is 3.35. The average Bonchev–Trinajstić information content (AvgIpc) is 2.97. The van der Waals surface area contributed by atoms with E-state index in [-0.39, 0.29) is 5.25 Å². The summed E-state index contributed by atoms with van der Waals surface area (Å²) < 4.78 is 1.94. The Balaban J connectivity index is 1.76. The van der Waals surface area contributed by atoms with Gasteiger partial charge >= 0.3 is 0 Å². The van der Waals surface area contributed by atoms with Crippen LogP contribution in [0.25, 0.3) is 11.4 Å². The fourth-order valence-electron chi connectivity index (χ4n) is 2.44. The smallest absolute Gasteiger partial charge is 0.192 e. The van der Waals surface area contributed by atoms with Gasteiger partial charge in [-0.2, -0.15) is 5.26 Å². The van der Waals surface area contributed by atoms with Crippen LogP contribution in [0, 0.1) is 18.3 Å². The lowest BCUT2D eigenvalue weighted by molar-refractivity contribution is 0.790. The lowest BCUT2D eigenvalue weighted by Crippen LogP contribution is -2.06. The van der Waals surface area contributed by atoms with Crippen molar-refractivity contribution in [1.82, 2.24) is 14.8 Å². The summed E-state index contributed by atoms with van der Waals surface area (Å²) in [5.41, 5.74) is 3.40. The molecule has 0 saturated carbocycles. The molecule has 0 spiro atoms. The molecule has 1 aromatic heterocycles. The van der Waals surface area contributed by atoms with E-state index in [1.165, 1.54) is 17.3 Å². The van der Waals surface area contributed by atoms with Crippen LogP contribution in [0.2, 0.25) is 0 Å². The highest BCUT2D eigenvalue weighted by Crippen LogP contribution is 2.27. The Kier molecular flexibility index (Phi) is 4.97. The van der Waals surface area contributed by atoms with Gasteiger partial charge in [0.15, 0.2) is 11.0 Å². The molecule has 0 fully saturated rings. The maximum Gasteiger partial charge on any atom is 0.192 e. The number of nitrogens with zero attached hydrogens (tertiary/aromatic N) is 4. The molecule has 3 rings (SSSR count). The first-order chi connectivity index (χ1) is 11.7. The summed E-state index contributed by atoms with van der Waals surface area (Å²) in [5.74, 6) is 0.810. The van der Waals surface area contributed by atoms with Crippen LogP contribution >= 0.6 is 11.8 Å². The zero-order valence-corrected chi connectivity index (χ0v) is 14.5. The Labute approximate surface area is 146 Å². The van der Waals surface area contributed by atoms with Crippen molar-refractivity contribution < 1.29 is 0 Å². The van der Waals surface area contributed by atoms with E-state index < -0.39 is 0 Å². The predicted molar refractivity (Wildman–Crippen MR) is 96.6 cm³/mol. The SMILES string of the molecule is Cc1ccc(C[C@H](C#N)Sc2nnc(-c3ccccc3)n2C)cc1. The Morgan fingerprint density at radius 2 is 1.79 bits per heavy atom. The summed E-state index contributed by atoms with van der Waals surface area (Å²) in [5, 5.41) is 18.6. The number of thioether (sulfide) groups is 1. The number of rotatable bonds is 5. The van der Waals surface area contributed by atoms with Gasteiger partial charge in [-0.25, -0.2) is 0 Å². The van der Waals surface area contributed by atoms with Crippen molar-refractivity contribution in [2.75, 3.05) is 0 Å². The van der Waals surface area contributed by atoms with E-state index in [4.69, 9.17) is 0 Å². The van der Waals surface area contributed by atoms with Gasteiger partial charge in [0.05, 0.1) is 6.07 Å². The minimum atomic E-state index is -0.195. The molecule has 1 atom stereocenters. The van der Waals surface area contributed by atoms with E-state index in [9.17, 15) is 5.26 Å². The molecule has 1 heterocycles. The lowest BCUT2D eigenvalue weighted by atomic mass is 10.1. The van der Waals surface area contributed by atoms with Crippen molar-refractivity contribution in [2.45, 2.75) is 23.8 Å². The summed E-state index contributed by atoms with van der Waals surface area (Å²) in [6, 6.07) is 20.6. The molecule has 0 bridgehead atoms. The quantitative estimate of drug-likeness (QED) is 0.661. The molecule has 0 N–H and O–H groups in total. The molecule has 0 aliphatic heterocycles. The number of hydrogen-bond donors (Lipinski definition) is 0. The van der Waals surface area contributed by atoms with Crippen LogP contribution < -0.4 is 0 Å². The second-order valence-corrected chi connectivity index (χ2v) is 6.83. The normalized spacial score (nSPS) is 11.9. The molecule has 24 heavy (non-hydrogen) atoms. The van der Waals surface area contributed by atoms with Crippen LogP contribution in [0.3, 0.4) is 0 Å². The third-order valence-corrected chi connectivity index (χ3v) is 4.92. The number of aryl methyl sites for hydroxylation is 1. The maximum atomic E-state index is 9.49. The van der Waals surface area contributed by atoms with Crippen LogP contribution in [-0.2, 0) is 13.5 Å². The highest BCUT2D eigenvalue weighted by atomic mass is 32.2. The number of hydrogen-bond acceptors (Lipinski definition) is 4. The second-order valence-electron chi connectivity index (χ2n) is 5.66. The van der Waals surface area contributed by atoms with Crippen LogP contribution in [0.15, 0.2) is 59.8 Å². The van der Waals surface area contributed by atoms with Gasteiger partial charge < -0.3 is 4.57 Å². The summed E-state index contributed by atoms with van der Waals surface area (Å²) in [7, 11) is 1.94. The van der Waals surface area contributed by atoms with E-state index in [0.717, 1.165) is 22.1 Å². The summed E-state index contributed by atoms with van der Waals surface area (Å²) in [6.45, 7) is 2.06. The molecule has 3 aromatic rings. The minimum absolute atomic E-state index is 0.195. The fraction of sp³-hybridized carbons (Fsp3) is 0.211. The monoisotopic (exact) mass is 334 g/mol. The molecule has 5 heteroatoms. The molecule has 0 amide bonds. The third kappa shape index (κ3) is 3.66. The molecule has 0 radical (unpaired) electrons. The van der Waals surface area contributed by atoms with Crippen molar-refractivity contribution in [2.24, 2.45) is 7.05 Å². The molecule has 120 valence electrons. The van der Waals surface area contributed by atoms with Gasteiger partial charge in [0.1, 0.15) is 5.25 Å². The summed E-state index contributed by atoms with van der Waals surface area (Å²) >= 11 is 1.46. The van der Waals surface area contributed by atoms with Crippen molar-refractivity contribution >= 4 is 11.8 Å². The standard InChI is InChI=1S/C19H18N4S/c1-14-8-10-15(11-9-14)12-17(13-20)24-19-22-21-18(23(19)2)16-6-4-3-5-7-16/h3-11,17H,12H2,1-2H3/t17-/m1/s1. The second kappa shape index (κ2) is 7.33. The molecule has 2 aromatic carbocycles. The van der Waals surface area contributed by atoms with E-state index in [1.54, 1.807) is 0 Å². The van der Waals surface area contributed by atoms with Crippen LogP contribution in [0.5, 0.6) is 0 Å². The Morgan fingerprint density at radius 3 is 2.46 bits per heavy atom. The van der Waals surface area contributed by atoms with Gasteiger partial charge in [-0.05, 0) is 18.9 Å². The molecular weight excluding hydrogens is 316 g/mol. The molecule has 0 aliphatic rings. The molecular formula is C19H18N4S. The summed E-state index contributed by atoms with van der Waals surface area (Å²) in [4.78, 5) is 0. The average molecular weight is 334 g/mol. The van der Waals surface area contributed by atoms with Gasteiger partial charge in [0.25, 0.3) is 0 Å². The van der Waals surface area contributed by atoms with E-state index in [2.05, 4.69) is 47.5 Å². The molecule has 4 nitrogen and oxygen atoms in total. The Morgan fingerprint density at radius 1 is 1.08 bits per heavy atom. The first kappa shape index (κ1) is 16.3. The minimum Gasteiger partial charge on any atom is -0.305 e. The van der Waals surface area contributed by atoms with Gasteiger partial charge in [-0.3, -0.25) is 0 Å². The zero-order valence-electron chi connectivity index (χ0n) is 13.7. The van der Waals surface area contributed by atoms with E-state index in [1.807, 2.05) is 41.9 Å². The van der Waals surface area contributed by atoms with Gasteiger partial charge in [-0.15, -0.1) is 10.2 Å². The van der Waals surface area contributed by atoms with Crippen molar-refractivity contribution in [3.05, 3.63) is 65.7 Å². The van der Waals surface area contributed by atoms with E-state index in [0.29, 0.717) is 6.42 Å². The van der Waals surface area contributed by atoms with Gasteiger partial charge in [0.2, 0.25) is 0 Å². The van der Waals surface area contributed by atoms with Crippen molar-refractivity contribution in [3.63, 3.8) is 0 Å². The largest absolute Gasteiger partial charge is 0.305 e. The Bertz CT molecular complexity index is 847. The zero-order chi connectivity index (χ0) is 16.9. The van der Waals surface area contributed by atoms with Gasteiger partial charge in [-0.1, -0.05) is 71.9 Å². The van der Waals surface area contributed by atoms with Crippen LogP contribution in [-0.4, -0.2) is 20.0 Å². The predicted octanol–water partition coefficient (Wildman–Crippen LogP) is 4.02. The molecule has 0 unspecified atom stereocenters. The van der Waals surface area contributed by atoms with Gasteiger partial charge in [0, 0.05) is 12.6 Å². The topological polar surface area (TPSA) is 54.5 Å². The number of aromatic nitrogens is 3. The van der Waals surface area contributed by atoms with Crippen LogP contribution in [0.1, 0.15) is 11.1 Å². The Hall–Kier alpha value is -2.58. The van der Waals surface area contributed by atoms with Crippen molar-refractivity contribution in [1.29, 1.82) is 5.26 Å². The first-order valence-electron chi connectivity index (χ1n) is 7.74. The van der Waals surface area contributed by atoms with E-state index >= 15 is 0 Å². The number of nitriles is 1. The lowest BCUT2D eigenvalue weighted by Gasteiger charge is -2.09. The maximum absolute atomic E-state index is 9.49. The molecule has 0 saturated heterocycles. The first-order valence-corrected chi connectivity index (χ1v) is 8.62. The molecule has 0 aliphatic carbocycles.